The summed E-state index contributed by atoms with van der Waals surface area (Å²) in [5.74, 6) is 0. The standard InChI is InChI=1S/C52H41N/c1-51(2)45-26-10-7-21-40(45)44-33-37(30-31-47(44)51)53(36-19-13-18-35(32-36)39-24-14-17-34-16-5-6-20-38(34)39)49-29-12-9-22-41(49)42-25-15-28-48-50(42)43-23-8-11-27-46(43)52(48,3)4/h5-33H,1-4H3. The van der Waals surface area contributed by atoms with E-state index in [-0.39, 0.29) is 10.8 Å². The van der Waals surface area contributed by atoms with Gasteiger partial charge in [-0.15, -0.1) is 0 Å². The molecule has 2 aliphatic carbocycles. The zero-order chi connectivity index (χ0) is 35.9. The van der Waals surface area contributed by atoms with Crippen molar-refractivity contribution in [1.82, 2.24) is 0 Å². The summed E-state index contributed by atoms with van der Waals surface area (Å²) in [5.41, 5.74) is 19.0. The van der Waals surface area contributed by atoms with Crippen molar-refractivity contribution in [2.45, 2.75) is 38.5 Å². The maximum atomic E-state index is 2.49. The Kier molecular flexibility index (Phi) is 6.94. The van der Waals surface area contributed by atoms with Crippen LogP contribution in [0.1, 0.15) is 49.9 Å². The van der Waals surface area contributed by atoms with Gasteiger partial charge < -0.3 is 4.90 Å². The molecule has 10 rings (SSSR count). The highest BCUT2D eigenvalue weighted by Crippen LogP contribution is 2.55. The third kappa shape index (κ3) is 4.70. The van der Waals surface area contributed by atoms with Crippen molar-refractivity contribution < 1.29 is 0 Å². The second-order valence-corrected chi connectivity index (χ2v) is 15.7. The van der Waals surface area contributed by atoms with Gasteiger partial charge in [0.15, 0.2) is 0 Å². The number of para-hydroxylation sites is 1. The van der Waals surface area contributed by atoms with Crippen LogP contribution in [0.25, 0.3) is 55.3 Å². The van der Waals surface area contributed by atoms with Gasteiger partial charge in [0.1, 0.15) is 0 Å². The van der Waals surface area contributed by atoms with E-state index in [0.717, 1.165) is 17.1 Å². The van der Waals surface area contributed by atoms with E-state index >= 15 is 0 Å². The number of fused-ring (bicyclic) bond motifs is 7. The van der Waals surface area contributed by atoms with Crippen molar-refractivity contribution in [3.05, 3.63) is 198 Å². The van der Waals surface area contributed by atoms with E-state index in [1.54, 1.807) is 0 Å². The lowest BCUT2D eigenvalue weighted by atomic mass is 9.82. The highest BCUT2D eigenvalue weighted by Gasteiger charge is 2.38. The fourth-order valence-electron chi connectivity index (χ4n) is 9.44. The number of benzene rings is 8. The molecule has 254 valence electrons. The quantitative estimate of drug-likeness (QED) is 0.175. The summed E-state index contributed by atoms with van der Waals surface area (Å²) < 4.78 is 0. The first-order valence-corrected chi connectivity index (χ1v) is 18.8. The van der Waals surface area contributed by atoms with Crippen LogP contribution in [-0.2, 0) is 10.8 Å². The number of nitrogens with zero attached hydrogens (tertiary/aromatic N) is 1. The van der Waals surface area contributed by atoms with Crippen LogP contribution >= 0.6 is 0 Å². The Morgan fingerprint density at radius 1 is 0.358 bits per heavy atom. The van der Waals surface area contributed by atoms with Gasteiger partial charge in [-0.1, -0.05) is 173 Å². The molecule has 8 aromatic carbocycles. The Hall–Kier alpha value is -6.18. The summed E-state index contributed by atoms with van der Waals surface area (Å²) in [4.78, 5) is 2.49. The molecule has 0 saturated carbocycles. The van der Waals surface area contributed by atoms with Gasteiger partial charge in [0.2, 0.25) is 0 Å². The van der Waals surface area contributed by atoms with E-state index < -0.39 is 0 Å². The van der Waals surface area contributed by atoms with Crippen molar-refractivity contribution >= 4 is 27.8 Å². The third-order valence-corrected chi connectivity index (χ3v) is 12.1. The van der Waals surface area contributed by atoms with Gasteiger partial charge >= 0.3 is 0 Å². The average molecular weight is 680 g/mol. The van der Waals surface area contributed by atoms with Gasteiger partial charge in [-0.25, -0.2) is 0 Å². The maximum Gasteiger partial charge on any atom is 0.0540 e. The van der Waals surface area contributed by atoms with E-state index in [2.05, 4.69) is 209 Å². The van der Waals surface area contributed by atoms with Gasteiger partial charge in [0.25, 0.3) is 0 Å². The molecule has 1 nitrogen and oxygen atoms in total. The molecule has 0 aliphatic heterocycles. The van der Waals surface area contributed by atoms with E-state index in [4.69, 9.17) is 0 Å². The van der Waals surface area contributed by atoms with Crippen molar-refractivity contribution in [2.24, 2.45) is 0 Å². The molecule has 0 bridgehead atoms. The normalized spacial score (nSPS) is 14.3. The Morgan fingerprint density at radius 3 is 1.75 bits per heavy atom. The molecular weight excluding hydrogens is 639 g/mol. The molecule has 1 heteroatoms. The second kappa shape index (κ2) is 11.7. The first kappa shape index (κ1) is 31.5. The molecule has 0 heterocycles. The van der Waals surface area contributed by atoms with E-state index in [1.165, 1.54) is 77.5 Å². The summed E-state index contributed by atoms with van der Waals surface area (Å²) in [5, 5.41) is 2.51. The zero-order valence-corrected chi connectivity index (χ0v) is 30.7. The molecule has 0 fully saturated rings. The zero-order valence-electron chi connectivity index (χ0n) is 30.7. The monoisotopic (exact) mass is 679 g/mol. The number of hydrogen-bond acceptors (Lipinski definition) is 1. The Morgan fingerprint density at radius 2 is 0.906 bits per heavy atom. The van der Waals surface area contributed by atoms with E-state index in [0.29, 0.717) is 0 Å². The SMILES string of the molecule is CC1(C)c2ccccc2-c2cc(N(c3cccc(-c4cccc5ccccc45)c3)c3ccccc3-c3cccc4c3-c3ccccc3C4(C)C)ccc21. The highest BCUT2D eigenvalue weighted by molar-refractivity contribution is 6.00. The predicted molar refractivity (Wildman–Crippen MR) is 225 cm³/mol. The molecule has 0 radical (unpaired) electrons. The van der Waals surface area contributed by atoms with Crippen molar-refractivity contribution in [3.63, 3.8) is 0 Å². The summed E-state index contributed by atoms with van der Waals surface area (Å²) in [6.07, 6.45) is 0. The van der Waals surface area contributed by atoms with Crippen molar-refractivity contribution in [3.8, 4) is 44.5 Å². The van der Waals surface area contributed by atoms with Gasteiger partial charge in [-0.2, -0.15) is 0 Å². The summed E-state index contributed by atoms with van der Waals surface area (Å²) in [6.45, 7) is 9.44. The van der Waals surface area contributed by atoms with Crippen LogP contribution in [0.15, 0.2) is 176 Å². The fraction of sp³-hybridized carbons (Fsp3) is 0.115. The van der Waals surface area contributed by atoms with Gasteiger partial charge in [0.05, 0.1) is 5.69 Å². The van der Waals surface area contributed by atoms with E-state index in [1.807, 2.05) is 0 Å². The van der Waals surface area contributed by atoms with Crippen LogP contribution in [0.5, 0.6) is 0 Å². The van der Waals surface area contributed by atoms with Gasteiger partial charge in [-0.3, -0.25) is 0 Å². The maximum absolute atomic E-state index is 2.49. The molecule has 0 spiro atoms. The molecule has 53 heavy (non-hydrogen) atoms. The third-order valence-electron chi connectivity index (χ3n) is 12.1. The molecule has 2 aliphatic rings. The molecule has 0 saturated heterocycles. The average Bonchev–Trinajstić information content (AvgIpc) is 3.58. The summed E-state index contributed by atoms with van der Waals surface area (Å²) in [7, 11) is 0. The lowest BCUT2D eigenvalue weighted by molar-refractivity contribution is 0.660. The number of rotatable bonds is 5. The minimum atomic E-state index is -0.0798. The van der Waals surface area contributed by atoms with Crippen LogP contribution in [0.2, 0.25) is 0 Å². The van der Waals surface area contributed by atoms with Crippen LogP contribution < -0.4 is 4.90 Å². The van der Waals surface area contributed by atoms with Crippen LogP contribution in [0.4, 0.5) is 17.1 Å². The van der Waals surface area contributed by atoms with Crippen LogP contribution in [-0.4, -0.2) is 0 Å². The second-order valence-electron chi connectivity index (χ2n) is 15.7. The molecule has 0 aromatic heterocycles. The van der Waals surface area contributed by atoms with Crippen molar-refractivity contribution in [1.29, 1.82) is 0 Å². The molecule has 0 unspecified atom stereocenters. The Labute approximate surface area is 312 Å². The minimum absolute atomic E-state index is 0.0632. The smallest absolute Gasteiger partial charge is 0.0540 e. The topological polar surface area (TPSA) is 3.24 Å². The van der Waals surface area contributed by atoms with E-state index in [9.17, 15) is 0 Å². The Bertz CT molecular complexity index is 2740. The van der Waals surface area contributed by atoms with Gasteiger partial charge in [0, 0.05) is 27.8 Å². The molecule has 0 N–H and O–H groups in total. The number of hydrogen-bond donors (Lipinski definition) is 0. The molecule has 0 atom stereocenters. The minimum Gasteiger partial charge on any atom is -0.310 e. The fourth-order valence-corrected chi connectivity index (χ4v) is 9.44. The van der Waals surface area contributed by atoms with Crippen LogP contribution in [0, 0.1) is 0 Å². The molecule has 8 aromatic rings. The Balaban J connectivity index is 1.23. The summed E-state index contributed by atoms with van der Waals surface area (Å²) in [6, 6.07) is 65.4. The molecular formula is C52H41N. The largest absolute Gasteiger partial charge is 0.310 e. The van der Waals surface area contributed by atoms with Gasteiger partial charge in [-0.05, 0) is 102 Å². The number of anilines is 3. The predicted octanol–water partition coefficient (Wildman–Crippen LogP) is 14.3. The lowest BCUT2D eigenvalue weighted by Crippen LogP contribution is -2.16. The van der Waals surface area contributed by atoms with Crippen molar-refractivity contribution in [2.75, 3.05) is 4.90 Å². The lowest BCUT2D eigenvalue weighted by Gasteiger charge is -2.30. The highest BCUT2D eigenvalue weighted by atomic mass is 15.1. The first-order valence-electron chi connectivity index (χ1n) is 18.8. The summed E-state index contributed by atoms with van der Waals surface area (Å²) >= 11 is 0. The van der Waals surface area contributed by atoms with Crippen LogP contribution in [0.3, 0.4) is 0 Å². The molecule has 0 amide bonds. The first-order chi connectivity index (χ1) is 25.8.